The van der Waals surface area contributed by atoms with Crippen LogP contribution in [-0.4, -0.2) is 30.0 Å². The standard InChI is InChI=1S/C8H15NO2/c9-7-6(10)4-11-8(7)5-2-1-3-5/h5-8,10H,1-4,9H2/t6-,7+,8?/m0/s1. The zero-order valence-corrected chi connectivity index (χ0v) is 6.57. The van der Waals surface area contributed by atoms with Crippen LogP contribution in [0.1, 0.15) is 19.3 Å². The van der Waals surface area contributed by atoms with Gasteiger partial charge in [-0.15, -0.1) is 0 Å². The summed E-state index contributed by atoms with van der Waals surface area (Å²) in [5.41, 5.74) is 5.76. The largest absolute Gasteiger partial charge is 0.389 e. The first kappa shape index (κ1) is 7.53. The van der Waals surface area contributed by atoms with Crippen molar-refractivity contribution >= 4 is 0 Å². The molecule has 1 heterocycles. The van der Waals surface area contributed by atoms with E-state index in [2.05, 4.69) is 0 Å². The van der Waals surface area contributed by atoms with Crippen molar-refractivity contribution in [1.29, 1.82) is 0 Å². The van der Waals surface area contributed by atoms with Crippen molar-refractivity contribution in [2.75, 3.05) is 6.61 Å². The maximum Gasteiger partial charge on any atom is 0.0949 e. The van der Waals surface area contributed by atoms with Gasteiger partial charge in [0, 0.05) is 0 Å². The topological polar surface area (TPSA) is 55.5 Å². The van der Waals surface area contributed by atoms with E-state index in [0.717, 1.165) is 0 Å². The van der Waals surface area contributed by atoms with Gasteiger partial charge in [0.1, 0.15) is 0 Å². The van der Waals surface area contributed by atoms with E-state index >= 15 is 0 Å². The SMILES string of the molecule is N[C@H]1C(C2CCC2)OC[C@@H]1O. The van der Waals surface area contributed by atoms with Crippen LogP contribution in [0.3, 0.4) is 0 Å². The second-order valence-electron chi connectivity index (χ2n) is 3.63. The van der Waals surface area contributed by atoms with Crippen molar-refractivity contribution in [3.8, 4) is 0 Å². The molecule has 3 N–H and O–H groups in total. The molecule has 0 radical (unpaired) electrons. The van der Waals surface area contributed by atoms with Crippen LogP contribution < -0.4 is 5.73 Å². The average molecular weight is 157 g/mol. The molecule has 3 nitrogen and oxygen atoms in total. The minimum absolute atomic E-state index is 0.138. The summed E-state index contributed by atoms with van der Waals surface area (Å²) in [6.07, 6.45) is 3.46. The lowest BCUT2D eigenvalue weighted by Gasteiger charge is -2.32. The monoisotopic (exact) mass is 157 g/mol. The highest BCUT2D eigenvalue weighted by Crippen LogP contribution is 2.35. The fraction of sp³-hybridized carbons (Fsp3) is 1.00. The molecule has 0 spiro atoms. The van der Waals surface area contributed by atoms with Crippen LogP contribution in [0, 0.1) is 5.92 Å². The number of ether oxygens (including phenoxy) is 1. The molecule has 64 valence electrons. The molecule has 2 aliphatic rings. The minimum atomic E-state index is -0.430. The first-order chi connectivity index (χ1) is 5.29. The maximum atomic E-state index is 9.29. The molecule has 0 bridgehead atoms. The molecule has 2 fully saturated rings. The Balaban J connectivity index is 1.93. The third-order valence-electron chi connectivity index (χ3n) is 2.90. The van der Waals surface area contributed by atoms with E-state index in [4.69, 9.17) is 10.5 Å². The van der Waals surface area contributed by atoms with Crippen molar-refractivity contribution < 1.29 is 9.84 Å². The quantitative estimate of drug-likeness (QED) is 0.557. The van der Waals surface area contributed by atoms with Gasteiger partial charge in [-0.05, 0) is 18.8 Å². The smallest absolute Gasteiger partial charge is 0.0949 e. The summed E-state index contributed by atoms with van der Waals surface area (Å²) < 4.78 is 5.41. The molecule has 11 heavy (non-hydrogen) atoms. The molecule has 3 atom stereocenters. The van der Waals surface area contributed by atoms with Crippen LogP contribution in [-0.2, 0) is 4.74 Å². The third kappa shape index (κ3) is 1.17. The summed E-state index contributed by atoms with van der Waals surface area (Å²) in [7, 11) is 0. The molecule has 1 aliphatic heterocycles. The third-order valence-corrected chi connectivity index (χ3v) is 2.90. The van der Waals surface area contributed by atoms with Crippen LogP contribution >= 0.6 is 0 Å². The number of aliphatic hydroxyl groups is 1. The van der Waals surface area contributed by atoms with Crippen molar-refractivity contribution in [2.24, 2.45) is 11.7 Å². The molecule has 0 aromatic heterocycles. The Morgan fingerprint density at radius 1 is 1.36 bits per heavy atom. The van der Waals surface area contributed by atoms with Crippen molar-refractivity contribution in [1.82, 2.24) is 0 Å². The zero-order valence-electron chi connectivity index (χ0n) is 6.57. The summed E-state index contributed by atoms with van der Waals surface area (Å²) in [5, 5.41) is 9.29. The molecule has 1 unspecified atom stereocenters. The van der Waals surface area contributed by atoms with Gasteiger partial charge in [-0.3, -0.25) is 0 Å². The Morgan fingerprint density at radius 3 is 2.45 bits per heavy atom. The molecular formula is C8H15NO2. The van der Waals surface area contributed by atoms with Gasteiger partial charge in [-0.2, -0.15) is 0 Å². The molecule has 3 heteroatoms. The van der Waals surface area contributed by atoms with Crippen LogP contribution in [0.2, 0.25) is 0 Å². The van der Waals surface area contributed by atoms with Crippen molar-refractivity contribution in [2.45, 2.75) is 37.5 Å². The second-order valence-corrected chi connectivity index (χ2v) is 3.63. The van der Waals surface area contributed by atoms with E-state index in [9.17, 15) is 5.11 Å². The minimum Gasteiger partial charge on any atom is -0.389 e. The van der Waals surface area contributed by atoms with Gasteiger partial charge in [-0.1, -0.05) is 6.42 Å². The highest BCUT2D eigenvalue weighted by atomic mass is 16.5. The zero-order chi connectivity index (χ0) is 7.84. The number of rotatable bonds is 1. The molecule has 1 saturated carbocycles. The van der Waals surface area contributed by atoms with E-state index < -0.39 is 6.10 Å². The number of nitrogens with two attached hydrogens (primary N) is 1. The van der Waals surface area contributed by atoms with Gasteiger partial charge < -0.3 is 15.6 Å². The Bertz CT molecular complexity index is 147. The predicted molar refractivity (Wildman–Crippen MR) is 41.1 cm³/mol. The van der Waals surface area contributed by atoms with E-state index in [0.29, 0.717) is 12.5 Å². The van der Waals surface area contributed by atoms with Gasteiger partial charge in [0.15, 0.2) is 0 Å². The maximum absolute atomic E-state index is 9.29. The van der Waals surface area contributed by atoms with E-state index in [1.54, 1.807) is 0 Å². The first-order valence-corrected chi connectivity index (χ1v) is 4.34. The van der Waals surface area contributed by atoms with E-state index in [1.165, 1.54) is 19.3 Å². The summed E-state index contributed by atoms with van der Waals surface area (Å²) in [6.45, 7) is 0.433. The lowest BCUT2D eigenvalue weighted by Crippen LogP contribution is -2.44. The molecule has 0 amide bonds. The summed E-state index contributed by atoms with van der Waals surface area (Å²) in [6, 6.07) is -0.139. The average Bonchev–Trinajstić information content (AvgIpc) is 2.15. The Hall–Kier alpha value is -0.120. The van der Waals surface area contributed by atoms with Crippen molar-refractivity contribution in [3.05, 3.63) is 0 Å². The van der Waals surface area contributed by atoms with Gasteiger partial charge in [0.05, 0.1) is 24.9 Å². The molecule has 1 aliphatic carbocycles. The van der Waals surface area contributed by atoms with Crippen LogP contribution in [0.5, 0.6) is 0 Å². The molecule has 1 saturated heterocycles. The Labute approximate surface area is 66.5 Å². The summed E-state index contributed by atoms with van der Waals surface area (Å²) in [5.74, 6) is 0.627. The second kappa shape index (κ2) is 2.73. The van der Waals surface area contributed by atoms with Gasteiger partial charge in [0.25, 0.3) is 0 Å². The van der Waals surface area contributed by atoms with Crippen LogP contribution in [0.25, 0.3) is 0 Å². The fourth-order valence-electron chi connectivity index (χ4n) is 1.87. The van der Waals surface area contributed by atoms with Crippen LogP contribution in [0.15, 0.2) is 0 Å². The lowest BCUT2D eigenvalue weighted by atomic mass is 9.79. The van der Waals surface area contributed by atoms with Gasteiger partial charge in [0.2, 0.25) is 0 Å². The van der Waals surface area contributed by atoms with E-state index in [-0.39, 0.29) is 12.1 Å². The number of hydrogen-bond donors (Lipinski definition) is 2. The predicted octanol–water partition coefficient (Wildman–Crippen LogP) is -0.127. The Kier molecular flexibility index (Phi) is 1.87. The van der Waals surface area contributed by atoms with Gasteiger partial charge in [-0.25, -0.2) is 0 Å². The summed E-state index contributed by atoms with van der Waals surface area (Å²) >= 11 is 0. The fourth-order valence-corrected chi connectivity index (χ4v) is 1.87. The highest BCUT2D eigenvalue weighted by molar-refractivity contribution is 4.93. The first-order valence-electron chi connectivity index (χ1n) is 4.34. The lowest BCUT2D eigenvalue weighted by molar-refractivity contribution is 0.0220. The Morgan fingerprint density at radius 2 is 2.09 bits per heavy atom. The number of hydrogen-bond acceptors (Lipinski definition) is 3. The van der Waals surface area contributed by atoms with Crippen molar-refractivity contribution in [3.63, 3.8) is 0 Å². The summed E-state index contributed by atoms with van der Waals surface area (Å²) in [4.78, 5) is 0. The molecular weight excluding hydrogens is 142 g/mol. The highest BCUT2D eigenvalue weighted by Gasteiger charge is 2.40. The molecule has 0 aromatic rings. The molecule has 2 rings (SSSR count). The van der Waals surface area contributed by atoms with Gasteiger partial charge >= 0.3 is 0 Å². The number of aliphatic hydroxyl groups excluding tert-OH is 1. The van der Waals surface area contributed by atoms with E-state index in [1.807, 2.05) is 0 Å². The molecule has 0 aromatic carbocycles. The van der Waals surface area contributed by atoms with Crippen LogP contribution in [0.4, 0.5) is 0 Å². The normalized spacial score (nSPS) is 45.8.